The van der Waals surface area contributed by atoms with E-state index in [4.69, 9.17) is 14.6 Å². The van der Waals surface area contributed by atoms with Crippen LogP contribution in [0.5, 0.6) is 0 Å². The fourth-order valence-corrected chi connectivity index (χ4v) is 2.44. The third-order valence-electron chi connectivity index (χ3n) is 2.71. The standard InChI is InChI=1S/C16H30O5/c1-15(2,3)12-16(4,5)21-14(19)9-7-6-8-13(18)20-11-10-17/h17H,6-12H2,1-5H3. The highest BCUT2D eigenvalue weighted by molar-refractivity contribution is 5.70. The Morgan fingerprint density at radius 1 is 0.952 bits per heavy atom. The Labute approximate surface area is 128 Å². The number of unbranched alkanes of at least 4 members (excludes halogenated alkanes) is 1. The Hall–Kier alpha value is -1.10. The van der Waals surface area contributed by atoms with Crippen LogP contribution >= 0.6 is 0 Å². The first-order chi connectivity index (χ1) is 9.56. The van der Waals surface area contributed by atoms with Gasteiger partial charge in [-0.2, -0.15) is 0 Å². The van der Waals surface area contributed by atoms with Crippen LogP contribution in [0.4, 0.5) is 0 Å². The van der Waals surface area contributed by atoms with Crippen LogP contribution < -0.4 is 0 Å². The van der Waals surface area contributed by atoms with Crippen LogP contribution in [0.15, 0.2) is 0 Å². The first kappa shape index (κ1) is 19.9. The summed E-state index contributed by atoms with van der Waals surface area (Å²) in [5.41, 5.74) is -0.379. The number of rotatable bonds is 9. The molecule has 0 amide bonds. The van der Waals surface area contributed by atoms with Gasteiger partial charge in [-0.1, -0.05) is 20.8 Å². The Morgan fingerprint density at radius 3 is 1.95 bits per heavy atom. The average molecular weight is 302 g/mol. The molecular weight excluding hydrogens is 272 g/mol. The van der Waals surface area contributed by atoms with Gasteiger partial charge in [0, 0.05) is 12.8 Å². The maximum Gasteiger partial charge on any atom is 0.306 e. The smallest absolute Gasteiger partial charge is 0.306 e. The average Bonchev–Trinajstić information content (AvgIpc) is 2.28. The number of aliphatic hydroxyl groups excluding tert-OH is 1. The van der Waals surface area contributed by atoms with Crippen molar-refractivity contribution in [3.63, 3.8) is 0 Å². The molecule has 0 unspecified atom stereocenters. The van der Waals surface area contributed by atoms with Gasteiger partial charge >= 0.3 is 11.9 Å². The number of hydrogen-bond acceptors (Lipinski definition) is 5. The van der Waals surface area contributed by atoms with Gasteiger partial charge in [0.15, 0.2) is 0 Å². The molecule has 0 aromatic heterocycles. The van der Waals surface area contributed by atoms with Crippen LogP contribution in [-0.2, 0) is 19.1 Å². The number of carbonyl (C=O) groups excluding carboxylic acids is 2. The van der Waals surface area contributed by atoms with Crippen LogP contribution in [0.2, 0.25) is 0 Å². The highest BCUT2D eigenvalue weighted by Gasteiger charge is 2.28. The molecule has 0 aromatic rings. The Balaban J connectivity index is 3.88. The van der Waals surface area contributed by atoms with Gasteiger partial charge in [-0.3, -0.25) is 9.59 Å². The summed E-state index contributed by atoms with van der Waals surface area (Å²) in [5, 5.41) is 8.51. The van der Waals surface area contributed by atoms with Gasteiger partial charge in [-0.05, 0) is 38.5 Å². The lowest BCUT2D eigenvalue weighted by molar-refractivity contribution is -0.159. The predicted octanol–water partition coefficient (Wildman–Crippen LogP) is 2.84. The van der Waals surface area contributed by atoms with Crippen LogP contribution in [0, 0.1) is 5.41 Å². The highest BCUT2D eigenvalue weighted by Crippen LogP contribution is 2.29. The third kappa shape index (κ3) is 12.4. The minimum Gasteiger partial charge on any atom is -0.463 e. The SMILES string of the molecule is CC(C)(C)CC(C)(C)OC(=O)CCCCC(=O)OCCO. The molecule has 0 saturated carbocycles. The number of hydrogen-bond donors (Lipinski definition) is 1. The van der Waals surface area contributed by atoms with Crippen molar-refractivity contribution >= 4 is 11.9 Å². The van der Waals surface area contributed by atoms with E-state index >= 15 is 0 Å². The van der Waals surface area contributed by atoms with Gasteiger partial charge in [0.1, 0.15) is 12.2 Å². The number of esters is 2. The molecular formula is C16H30O5. The van der Waals surface area contributed by atoms with E-state index in [2.05, 4.69) is 20.8 Å². The molecule has 0 saturated heterocycles. The fourth-order valence-electron chi connectivity index (χ4n) is 2.44. The van der Waals surface area contributed by atoms with Crippen molar-refractivity contribution in [2.24, 2.45) is 5.41 Å². The topological polar surface area (TPSA) is 72.8 Å². The Kier molecular flexibility index (Phi) is 8.55. The summed E-state index contributed by atoms with van der Waals surface area (Å²) < 4.78 is 10.2. The van der Waals surface area contributed by atoms with Gasteiger partial charge in [-0.15, -0.1) is 0 Å². The van der Waals surface area contributed by atoms with E-state index < -0.39 is 5.60 Å². The largest absolute Gasteiger partial charge is 0.463 e. The van der Waals surface area contributed by atoms with E-state index in [-0.39, 0.29) is 37.0 Å². The number of ether oxygens (including phenoxy) is 2. The monoisotopic (exact) mass is 302 g/mol. The summed E-state index contributed by atoms with van der Waals surface area (Å²) in [6.45, 7) is 10.0. The third-order valence-corrected chi connectivity index (χ3v) is 2.71. The highest BCUT2D eigenvalue weighted by atomic mass is 16.6. The lowest BCUT2D eigenvalue weighted by Crippen LogP contribution is -2.32. The number of carbonyl (C=O) groups is 2. The second-order valence-corrected chi connectivity index (χ2v) is 7.12. The summed E-state index contributed by atoms with van der Waals surface area (Å²) >= 11 is 0. The fraction of sp³-hybridized carbons (Fsp3) is 0.875. The van der Waals surface area contributed by atoms with Crippen molar-refractivity contribution in [1.82, 2.24) is 0 Å². The normalized spacial score (nSPS) is 12.1. The maximum atomic E-state index is 11.8. The summed E-state index contributed by atoms with van der Waals surface area (Å²) in [5.74, 6) is -0.571. The van der Waals surface area contributed by atoms with E-state index in [1.807, 2.05) is 13.8 Å². The summed E-state index contributed by atoms with van der Waals surface area (Å²) in [4.78, 5) is 23.0. The molecule has 0 rings (SSSR count). The Bertz CT molecular complexity index is 328. The summed E-state index contributed by atoms with van der Waals surface area (Å²) in [7, 11) is 0. The van der Waals surface area contributed by atoms with E-state index in [0.717, 1.165) is 6.42 Å². The van der Waals surface area contributed by atoms with Crippen molar-refractivity contribution in [1.29, 1.82) is 0 Å². The zero-order chi connectivity index (χ0) is 16.5. The second-order valence-electron chi connectivity index (χ2n) is 7.12. The molecule has 0 aliphatic heterocycles. The minimum absolute atomic E-state index is 0.0296. The van der Waals surface area contributed by atoms with Gasteiger partial charge in [0.2, 0.25) is 0 Å². The molecule has 21 heavy (non-hydrogen) atoms. The first-order valence-corrected chi connectivity index (χ1v) is 7.54. The molecule has 5 nitrogen and oxygen atoms in total. The molecule has 0 bridgehead atoms. The molecule has 0 atom stereocenters. The molecule has 0 aliphatic carbocycles. The van der Waals surface area contributed by atoms with Gasteiger partial charge < -0.3 is 14.6 Å². The molecule has 0 heterocycles. The zero-order valence-electron chi connectivity index (χ0n) is 14.0. The summed E-state index contributed by atoms with van der Waals surface area (Å²) in [6.07, 6.45) is 2.54. The second kappa shape index (κ2) is 9.03. The minimum atomic E-state index is -0.477. The van der Waals surface area contributed by atoms with Crippen LogP contribution in [0.25, 0.3) is 0 Å². The molecule has 0 spiro atoms. The molecule has 0 fully saturated rings. The molecule has 0 aliphatic rings. The van der Waals surface area contributed by atoms with Crippen molar-refractivity contribution < 1.29 is 24.2 Å². The molecule has 0 aromatic carbocycles. The van der Waals surface area contributed by atoms with Gasteiger partial charge in [0.25, 0.3) is 0 Å². The molecule has 5 heteroatoms. The lowest BCUT2D eigenvalue weighted by atomic mass is 9.83. The van der Waals surface area contributed by atoms with Crippen molar-refractivity contribution in [3.8, 4) is 0 Å². The van der Waals surface area contributed by atoms with E-state index in [1.165, 1.54) is 0 Å². The van der Waals surface area contributed by atoms with Crippen LogP contribution in [0.3, 0.4) is 0 Å². The van der Waals surface area contributed by atoms with Gasteiger partial charge in [-0.25, -0.2) is 0 Å². The van der Waals surface area contributed by atoms with Crippen LogP contribution in [0.1, 0.15) is 66.7 Å². The molecule has 1 N–H and O–H groups in total. The summed E-state index contributed by atoms with van der Waals surface area (Å²) in [6, 6.07) is 0. The van der Waals surface area contributed by atoms with E-state index in [1.54, 1.807) is 0 Å². The lowest BCUT2D eigenvalue weighted by Gasteiger charge is -2.32. The molecule has 124 valence electrons. The van der Waals surface area contributed by atoms with Crippen molar-refractivity contribution in [2.75, 3.05) is 13.2 Å². The van der Waals surface area contributed by atoms with Gasteiger partial charge in [0.05, 0.1) is 6.61 Å². The first-order valence-electron chi connectivity index (χ1n) is 7.54. The van der Waals surface area contributed by atoms with E-state index in [0.29, 0.717) is 19.3 Å². The predicted molar refractivity (Wildman–Crippen MR) is 80.8 cm³/mol. The van der Waals surface area contributed by atoms with Crippen molar-refractivity contribution in [3.05, 3.63) is 0 Å². The van der Waals surface area contributed by atoms with E-state index in [9.17, 15) is 9.59 Å². The Morgan fingerprint density at radius 2 is 1.48 bits per heavy atom. The van der Waals surface area contributed by atoms with Crippen LogP contribution in [-0.4, -0.2) is 35.9 Å². The molecule has 0 radical (unpaired) electrons. The zero-order valence-corrected chi connectivity index (χ0v) is 14.0. The van der Waals surface area contributed by atoms with Crippen molar-refractivity contribution in [2.45, 2.75) is 72.3 Å². The maximum absolute atomic E-state index is 11.8. The quantitative estimate of drug-likeness (QED) is 0.524. The number of aliphatic hydroxyl groups is 1.